The molecular weight excluding hydrogens is 302 g/mol. The van der Waals surface area contributed by atoms with Crippen molar-refractivity contribution in [3.63, 3.8) is 0 Å². The second kappa shape index (κ2) is 6.07. The predicted octanol–water partition coefficient (Wildman–Crippen LogP) is 4.47. The summed E-state index contributed by atoms with van der Waals surface area (Å²) in [7, 11) is 1.79. The van der Waals surface area contributed by atoms with Crippen molar-refractivity contribution in [2.75, 3.05) is 12.4 Å². The van der Waals surface area contributed by atoms with Crippen molar-refractivity contribution >= 4 is 33.2 Å². The van der Waals surface area contributed by atoms with Crippen molar-refractivity contribution in [1.29, 1.82) is 0 Å². The van der Waals surface area contributed by atoms with Gasteiger partial charge in [-0.1, -0.05) is 27.5 Å². The van der Waals surface area contributed by atoms with E-state index in [1.165, 1.54) is 19.3 Å². The van der Waals surface area contributed by atoms with E-state index >= 15 is 0 Å². The Hall–Kier alpha value is -0.250. The van der Waals surface area contributed by atoms with E-state index in [9.17, 15) is 0 Å². The fourth-order valence-corrected chi connectivity index (χ4v) is 2.85. The van der Waals surface area contributed by atoms with Crippen LogP contribution in [0.1, 0.15) is 25.7 Å². The maximum absolute atomic E-state index is 6.17. The molecule has 2 nitrogen and oxygen atoms in total. The molecule has 0 amide bonds. The third-order valence-electron chi connectivity index (χ3n) is 3.25. The molecule has 1 N–H and O–H groups in total. The van der Waals surface area contributed by atoms with E-state index in [2.05, 4.69) is 21.2 Å². The first-order valence-electron chi connectivity index (χ1n) is 5.93. The Kier molecular flexibility index (Phi) is 4.71. The normalized spacial score (nSPS) is 24.6. The first-order valence-corrected chi connectivity index (χ1v) is 7.10. The molecule has 0 saturated heterocycles. The standard InChI is InChI=1S/C13H17BrClNO/c1-17-11-4-2-3-10(8-11)16-13-7-9(14)5-6-12(13)15/h5-7,10-11,16H,2-4,8H2,1H3. The van der Waals surface area contributed by atoms with Gasteiger partial charge in [-0.3, -0.25) is 0 Å². The van der Waals surface area contributed by atoms with Gasteiger partial charge in [0.2, 0.25) is 0 Å². The SMILES string of the molecule is COC1CCCC(Nc2cc(Br)ccc2Cl)C1. The smallest absolute Gasteiger partial charge is 0.0638 e. The summed E-state index contributed by atoms with van der Waals surface area (Å²) in [6, 6.07) is 6.34. The van der Waals surface area contributed by atoms with E-state index in [1.807, 2.05) is 18.2 Å². The van der Waals surface area contributed by atoms with Crippen LogP contribution in [0.4, 0.5) is 5.69 Å². The molecule has 1 fully saturated rings. The number of ether oxygens (including phenoxy) is 1. The molecule has 4 heteroatoms. The quantitative estimate of drug-likeness (QED) is 0.887. The molecule has 17 heavy (non-hydrogen) atoms. The zero-order valence-corrected chi connectivity index (χ0v) is 12.2. The molecule has 1 aromatic carbocycles. The average molecular weight is 319 g/mol. The van der Waals surface area contributed by atoms with Crippen LogP contribution in [0, 0.1) is 0 Å². The van der Waals surface area contributed by atoms with Crippen LogP contribution in [0.5, 0.6) is 0 Å². The highest BCUT2D eigenvalue weighted by molar-refractivity contribution is 9.10. The second-order valence-corrected chi connectivity index (χ2v) is 5.81. The van der Waals surface area contributed by atoms with Crippen molar-refractivity contribution in [1.82, 2.24) is 0 Å². The number of rotatable bonds is 3. The number of benzene rings is 1. The van der Waals surface area contributed by atoms with E-state index in [0.717, 1.165) is 21.6 Å². The summed E-state index contributed by atoms with van der Waals surface area (Å²) < 4.78 is 6.48. The molecule has 2 atom stereocenters. The predicted molar refractivity (Wildman–Crippen MR) is 75.8 cm³/mol. The van der Waals surface area contributed by atoms with Crippen molar-refractivity contribution < 1.29 is 4.74 Å². The minimum atomic E-state index is 0.382. The molecule has 2 rings (SSSR count). The van der Waals surface area contributed by atoms with Crippen LogP contribution in [0.15, 0.2) is 22.7 Å². The Labute approximate surface area is 116 Å². The molecule has 1 aromatic rings. The van der Waals surface area contributed by atoms with Gasteiger partial charge < -0.3 is 10.1 Å². The van der Waals surface area contributed by atoms with Crippen LogP contribution < -0.4 is 5.32 Å². The van der Waals surface area contributed by atoms with Gasteiger partial charge in [-0.05, 0) is 43.9 Å². The summed E-state index contributed by atoms with van der Waals surface area (Å²) in [5.41, 5.74) is 1.00. The summed E-state index contributed by atoms with van der Waals surface area (Å²) >= 11 is 9.63. The Morgan fingerprint density at radius 1 is 1.41 bits per heavy atom. The Morgan fingerprint density at radius 3 is 3.00 bits per heavy atom. The highest BCUT2D eigenvalue weighted by Crippen LogP contribution is 2.29. The van der Waals surface area contributed by atoms with Crippen LogP contribution in [0.2, 0.25) is 5.02 Å². The van der Waals surface area contributed by atoms with E-state index in [4.69, 9.17) is 16.3 Å². The van der Waals surface area contributed by atoms with Gasteiger partial charge >= 0.3 is 0 Å². The molecule has 0 aliphatic heterocycles. The number of hydrogen-bond acceptors (Lipinski definition) is 2. The zero-order valence-electron chi connectivity index (χ0n) is 9.88. The maximum Gasteiger partial charge on any atom is 0.0638 e. The lowest BCUT2D eigenvalue weighted by Gasteiger charge is -2.29. The number of anilines is 1. The van der Waals surface area contributed by atoms with Crippen LogP contribution >= 0.6 is 27.5 Å². The largest absolute Gasteiger partial charge is 0.381 e. The highest BCUT2D eigenvalue weighted by Gasteiger charge is 2.21. The minimum Gasteiger partial charge on any atom is -0.381 e. The maximum atomic E-state index is 6.17. The zero-order chi connectivity index (χ0) is 12.3. The van der Waals surface area contributed by atoms with Gasteiger partial charge in [-0.25, -0.2) is 0 Å². The first-order chi connectivity index (χ1) is 8.19. The summed E-state index contributed by atoms with van der Waals surface area (Å²) in [5, 5.41) is 4.28. The Balaban J connectivity index is 2.02. The molecule has 2 unspecified atom stereocenters. The van der Waals surface area contributed by atoms with Crippen molar-refractivity contribution in [2.45, 2.75) is 37.8 Å². The molecule has 1 aliphatic rings. The lowest BCUT2D eigenvalue weighted by atomic mass is 9.92. The van der Waals surface area contributed by atoms with Crippen LogP contribution in [0.25, 0.3) is 0 Å². The average Bonchev–Trinajstić information content (AvgIpc) is 2.34. The van der Waals surface area contributed by atoms with Gasteiger partial charge in [0.1, 0.15) is 0 Å². The molecule has 1 aliphatic carbocycles. The van der Waals surface area contributed by atoms with E-state index in [0.29, 0.717) is 12.1 Å². The number of nitrogens with one attached hydrogen (secondary N) is 1. The van der Waals surface area contributed by atoms with Gasteiger partial charge in [0.15, 0.2) is 0 Å². The van der Waals surface area contributed by atoms with Gasteiger partial charge in [-0.15, -0.1) is 0 Å². The topological polar surface area (TPSA) is 21.3 Å². The van der Waals surface area contributed by atoms with Gasteiger partial charge in [0.05, 0.1) is 16.8 Å². The molecule has 0 heterocycles. The fourth-order valence-electron chi connectivity index (χ4n) is 2.32. The third-order valence-corrected chi connectivity index (χ3v) is 4.07. The van der Waals surface area contributed by atoms with Gasteiger partial charge in [0, 0.05) is 17.6 Å². The van der Waals surface area contributed by atoms with E-state index in [-0.39, 0.29) is 0 Å². The lowest BCUT2D eigenvalue weighted by molar-refractivity contribution is 0.0669. The van der Waals surface area contributed by atoms with Crippen molar-refractivity contribution in [3.8, 4) is 0 Å². The van der Waals surface area contributed by atoms with Crippen LogP contribution in [0.3, 0.4) is 0 Å². The van der Waals surface area contributed by atoms with Crippen molar-refractivity contribution in [2.24, 2.45) is 0 Å². The number of methoxy groups -OCH3 is 1. The van der Waals surface area contributed by atoms with Gasteiger partial charge in [0.25, 0.3) is 0 Å². The molecule has 0 radical (unpaired) electrons. The van der Waals surface area contributed by atoms with E-state index in [1.54, 1.807) is 7.11 Å². The molecule has 1 saturated carbocycles. The first kappa shape index (κ1) is 13.2. The molecule has 0 spiro atoms. The second-order valence-electron chi connectivity index (χ2n) is 4.49. The molecule has 94 valence electrons. The number of halogens is 2. The summed E-state index contributed by atoms with van der Waals surface area (Å²) in [6.07, 6.45) is 5.00. The Bertz CT molecular complexity index is 386. The summed E-state index contributed by atoms with van der Waals surface area (Å²) in [5.74, 6) is 0. The van der Waals surface area contributed by atoms with Crippen LogP contribution in [-0.4, -0.2) is 19.3 Å². The summed E-state index contributed by atoms with van der Waals surface area (Å²) in [4.78, 5) is 0. The van der Waals surface area contributed by atoms with Crippen molar-refractivity contribution in [3.05, 3.63) is 27.7 Å². The third kappa shape index (κ3) is 3.60. The molecule has 0 bridgehead atoms. The van der Waals surface area contributed by atoms with Crippen LogP contribution in [-0.2, 0) is 4.74 Å². The number of hydrogen-bond donors (Lipinski definition) is 1. The van der Waals surface area contributed by atoms with Gasteiger partial charge in [-0.2, -0.15) is 0 Å². The minimum absolute atomic E-state index is 0.382. The highest BCUT2D eigenvalue weighted by atomic mass is 79.9. The Morgan fingerprint density at radius 2 is 2.24 bits per heavy atom. The lowest BCUT2D eigenvalue weighted by Crippen LogP contribution is -2.31. The summed E-state index contributed by atoms with van der Waals surface area (Å²) in [6.45, 7) is 0. The molecular formula is C13H17BrClNO. The van der Waals surface area contributed by atoms with E-state index < -0.39 is 0 Å². The fraction of sp³-hybridized carbons (Fsp3) is 0.538. The molecule has 0 aromatic heterocycles. The monoisotopic (exact) mass is 317 g/mol.